The summed E-state index contributed by atoms with van der Waals surface area (Å²) in [5.74, 6) is -0.575. The third kappa shape index (κ3) is 7.07. The Balaban J connectivity index is 1.76. The van der Waals surface area contributed by atoms with Crippen molar-refractivity contribution in [1.29, 1.82) is 0 Å². The normalized spacial score (nSPS) is 18.0. The lowest BCUT2D eigenvalue weighted by atomic mass is 9.92. The Morgan fingerprint density at radius 1 is 0.927 bits per heavy atom. The number of carbonyl (C=O) groups is 3. The van der Waals surface area contributed by atoms with Crippen LogP contribution in [-0.4, -0.2) is 40.5 Å². The molecule has 7 heteroatoms. The largest absolute Gasteiger partial charge is 0.444 e. The molecule has 0 aliphatic heterocycles. The summed E-state index contributed by atoms with van der Waals surface area (Å²) < 4.78 is 5.49. The number of fused-ring (bicyclic) bond motifs is 1. The van der Waals surface area contributed by atoms with Crippen LogP contribution in [0.1, 0.15) is 70.7 Å². The van der Waals surface area contributed by atoms with Crippen LogP contribution in [0.3, 0.4) is 0 Å². The summed E-state index contributed by atoms with van der Waals surface area (Å²) in [6.07, 6.45) is 0.130. The molecule has 0 aromatic heterocycles. The van der Waals surface area contributed by atoms with Crippen LogP contribution in [0, 0.1) is 25.7 Å². The second kappa shape index (κ2) is 11.9. The minimum Gasteiger partial charge on any atom is -0.444 e. The number of nitrogens with one attached hydrogen (secondary N) is 2. The Bertz CT molecular complexity index is 1420. The van der Waals surface area contributed by atoms with Crippen LogP contribution < -0.4 is 10.6 Å². The van der Waals surface area contributed by atoms with Crippen molar-refractivity contribution in [1.82, 2.24) is 10.2 Å². The number of nitrogens with zero attached hydrogens (tertiary/aromatic N) is 1. The molecule has 0 radical (unpaired) electrons. The van der Waals surface area contributed by atoms with Gasteiger partial charge >= 0.3 is 6.09 Å². The van der Waals surface area contributed by atoms with Crippen molar-refractivity contribution in [2.24, 2.45) is 11.8 Å². The van der Waals surface area contributed by atoms with Crippen molar-refractivity contribution in [3.05, 3.63) is 77.4 Å². The van der Waals surface area contributed by atoms with Gasteiger partial charge in [-0.15, -0.1) is 0 Å². The molecule has 0 heterocycles. The fourth-order valence-electron chi connectivity index (χ4n) is 5.41. The zero-order chi connectivity index (χ0) is 30.1. The van der Waals surface area contributed by atoms with Gasteiger partial charge in [0.15, 0.2) is 0 Å². The molecule has 1 aliphatic rings. The highest BCUT2D eigenvalue weighted by atomic mass is 16.6. The Morgan fingerprint density at radius 2 is 1.54 bits per heavy atom. The Labute approximate surface area is 243 Å². The van der Waals surface area contributed by atoms with Gasteiger partial charge in [0, 0.05) is 11.7 Å². The van der Waals surface area contributed by atoms with E-state index in [4.69, 9.17) is 4.74 Å². The summed E-state index contributed by atoms with van der Waals surface area (Å²) >= 11 is 0. The van der Waals surface area contributed by atoms with E-state index >= 15 is 0 Å². The molecule has 1 saturated carbocycles. The number of hydrogen-bond donors (Lipinski definition) is 2. The van der Waals surface area contributed by atoms with Gasteiger partial charge in [-0.2, -0.15) is 0 Å². The van der Waals surface area contributed by atoms with E-state index in [9.17, 15) is 14.4 Å². The van der Waals surface area contributed by atoms with Crippen LogP contribution in [-0.2, 0) is 14.3 Å². The molecule has 0 spiro atoms. The van der Waals surface area contributed by atoms with Crippen molar-refractivity contribution in [3.63, 3.8) is 0 Å². The van der Waals surface area contributed by atoms with E-state index in [1.165, 1.54) is 0 Å². The zero-order valence-electron chi connectivity index (χ0n) is 25.4. The number of rotatable bonds is 8. The molecule has 3 aromatic carbocycles. The average molecular weight is 558 g/mol. The number of aryl methyl sites for hydroxylation is 2. The van der Waals surface area contributed by atoms with E-state index < -0.39 is 23.8 Å². The van der Waals surface area contributed by atoms with Crippen LogP contribution in [0.25, 0.3) is 10.8 Å². The molecule has 0 bridgehead atoms. The molecule has 4 unspecified atom stereocenters. The van der Waals surface area contributed by atoms with Gasteiger partial charge in [0.1, 0.15) is 17.7 Å². The van der Waals surface area contributed by atoms with E-state index in [-0.39, 0.29) is 29.7 Å². The lowest BCUT2D eigenvalue weighted by Gasteiger charge is -2.37. The van der Waals surface area contributed by atoms with Crippen molar-refractivity contribution >= 4 is 34.4 Å². The van der Waals surface area contributed by atoms with E-state index in [2.05, 4.69) is 17.6 Å². The monoisotopic (exact) mass is 557 g/mol. The summed E-state index contributed by atoms with van der Waals surface area (Å²) in [5, 5.41) is 8.02. The van der Waals surface area contributed by atoms with Crippen molar-refractivity contribution < 1.29 is 19.1 Å². The van der Waals surface area contributed by atoms with Gasteiger partial charge in [-0.25, -0.2) is 4.79 Å². The van der Waals surface area contributed by atoms with Crippen LogP contribution in [0.2, 0.25) is 0 Å². The predicted molar refractivity (Wildman–Crippen MR) is 164 cm³/mol. The Morgan fingerprint density at radius 3 is 2.10 bits per heavy atom. The summed E-state index contributed by atoms with van der Waals surface area (Å²) in [6.45, 7) is 15.1. The van der Waals surface area contributed by atoms with Gasteiger partial charge in [0.25, 0.3) is 5.91 Å². The zero-order valence-corrected chi connectivity index (χ0v) is 25.4. The third-order valence-corrected chi connectivity index (χ3v) is 7.64. The fourth-order valence-corrected chi connectivity index (χ4v) is 5.41. The SMILES string of the molecule is Cc1cccc(C)c1C(C(=O)Nc1ccc2ccccc2c1)N(C(=O)C(NC(=O)OC(C)(C)C)C(C)C)C1CC1C. The molecule has 4 rings (SSSR count). The molecule has 7 nitrogen and oxygen atoms in total. The summed E-state index contributed by atoms with van der Waals surface area (Å²) in [5.41, 5.74) is 2.61. The molecule has 1 aliphatic carbocycles. The summed E-state index contributed by atoms with van der Waals surface area (Å²) in [4.78, 5) is 43.3. The molecule has 0 saturated heterocycles. The second-order valence-electron chi connectivity index (χ2n) is 12.7. The third-order valence-electron chi connectivity index (χ3n) is 7.64. The molecular weight excluding hydrogens is 514 g/mol. The standard InChI is InChI=1S/C34H43N3O4/c1-20(2)29(36-33(40)41-34(6,7)8)32(39)37(27-18-23(27)5)30(28-21(3)12-11-13-22(28)4)31(38)35-26-17-16-24-14-9-10-15-25(24)19-26/h9-17,19-20,23,27,29-30H,18H2,1-8H3,(H,35,38)(H,36,40). The van der Waals surface area contributed by atoms with E-state index in [1.807, 2.05) is 88.4 Å². The lowest BCUT2D eigenvalue weighted by Crippen LogP contribution is -2.55. The molecular formula is C34H43N3O4. The summed E-state index contributed by atoms with van der Waals surface area (Å²) in [7, 11) is 0. The molecule has 1 fully saturated rings. The molecule has 4 atom stereocenters. The Hall–Kier alpha value is -3.87. The number of amides is 3. The van der Waals surface area contributed by atoms with E-state index in [1.54, 1.807) is 25.7 Å². The van der Waals surface area contributed by atoms with Gasteiger partial charge < -0.3 is 20.3 Å². The van der Waals surface area contributed by atoms with Gasteiger partial charge in [-0.3, -0.25) is 9.59 Å². The van der Waals surface area contributed by atoms with Crippen LogP contribution in [0.15, 0.2) is 60.7 Å². The first-order chi connectivity index (χ1) is 19.3. The molecule has 3 aromatic rings. The number of anilines is 1. The highest BCUT2D eigenvalue weighted by Crippen LogP contribution is 2.42. The number of benzene rings is 3. The van der Waals surface area contributed by atoms with Crippen LogP contribution >= 0.6 is 0 Å². The first-order valence-electron chi connectivity index (χ1n) is 14.4. The average Bonchev–Trinajstić information content (AvgIpc) is 3.60. The summed E-state index contributed by atoms with van der Waals surface area (Å²) in [6, 6.07) is 17.8. The molecule has 3 amide bonds. The van der Waals surface area contributed by atoms with Gasteiger partial charge in [-0.1, -0.05) is 69.3 Å². The number of ether oxygens (including phenoxy) is 1. The maximum atomic E-state index is 14.5. The van der Waals surface area contributed by atoms with Crippen molar-refractivity contribution in [2.45, 2.75) is 85.5 Å². The number of carbonyl (C=O) groups excluding carboxylic acids is 3. The first kappa shape index (κ1) is 30.1. The fraction of sp³-hybridized carbons (Fsp3) is 0.441. The number of hydrogen-bond acceptors (Lipinski definition) is 4. The highest BCUT2D eigenvalue weighted by molar-refractivity contribution is 6.01. The van der Waals surface area contributed by atoms with E-state index in [0.717, 1.165) is 33.9 Å². The van der Waals surface area contributed by atoms with E-state index in [0.29, 0.717) is 5.69 Å². The maximum Gasteiger partial charge on any atom is 0.408 e. The van der Waals surface area contributed by atoms with Crippen molar-refractivity contribution in [2.75, 3.05) is 5.32 Å². The van der Waals surface area contributed by atoms with Crippen LogP contribution in [0.4, 0.5) is 10.5 Å². The highest BCUT2D eigenvalue weighted by Gasteiger charge is 2.49. The first-order valence-corrected chi connectivity index (χ1v) is 14.4. The topological polar surface area (TPSA) is 87.7 Å². The molecule has 41 heavy (non-hydrogen) atoms. The van der Waals surface area contributed by atoms with Gasteiger partial charge in [0.05, 0.1) is 0 Å². The van der Waals surface area contributed by atoms with Gasteiger partial charge in [0.2, 0.25) is 5.91 Å². The van der Waals surface area contributed by atoms with Crippen LogP contribution in [0.5, 0.6) is 0 Å². The van der Waals surface area contributed by atoms with Crippen molar-refractivity contribution in [3.8, 4) is 0 Å². The molecule has 218 valence electrons. The smallest absolute Gasteiger partial charge is 0.408 e. The Kier molecular flexibility index (Phi) is 8.76. The molecule has 2 N–H and O–H groups in total. The minimum absolute atomic E-state index is 0.129. The van der Waals surface area contributed by atoms with Gasteiger partial charge in [-0.05, 0) is 92.5 Å². The number of alkyl carbamates (subject to hydrolysis) is 1. The minimum atomic E-state index is -0.883. The lowest BCUT2D eigenvalue weighted by molar-refractivity contribution is -0.142. The second-order valence-corrected chi connectivity index (χ2v) is 12.7. The quantitative estimate of drug-likeness (QED) is 0.315. The predicted octanol–water partition coefficient (Wildman–Crippen LogP) is 6.92. The maximum absolute atomic E-state index is 14.5.